The molecule has 0 aromatic heterocycles. The van der Waals surface area contributed by atoms with E-state index in [2.05, 4.69) is 47.7 Å². The molecule has 4 atom stereocenters. The molecule has 1 aliphatic heterocycles. The minimum Gasteiger partial charge on any atom is -0.414 e. The minimum atomic E-state index is -1.80. The van der Waals surface area contributed by atoms with Gasteiger partial charge in [0, 0.05) is 0 Å². The van der Waals surface area contributed by atoms with Crippen LogP contribution >= 0.6 is 0 Å². The van der Waals surface area contributed by atoms with Crippen molar-refractivity contribution in [2.75, 3.05) is 13.2 Å². The molecule has 23 heavy (non-hydrogen) atoms. The van der Waals surface area contributed by atoms with Gasteiger partial charge in [-0.05, 0) is 50.2 Å². The lowest BCUT2D eigenvalue weighted by atomic mass is 9.90. The van der Waals surface area contributed by atoms with Crippen LogP contribution in [0.5, 0.6) is 0 Å². The van der Waals surface area contributed by atoms with E-state index in [1.807, 2.05) is 13.8 Å². The van der Waals surface area contributed by atoms with E-state index < -0.39 is 20.2 Å². The molecule has 1 rings (SSSR count). The lowest BCUT2D eigenvalue weighted by Gasteiger charge is -2.37. The zero-order valence-corrected chi connectivity index (χ0v) is 17.6. The van der Waals surface area contributed by atoms with E-state index in [9.17, 15) is 5.11 Å². The second-order valence-corrected chi connectivity index (χ2v) is 14.0. The summed E-state index contributed by atoms with van der Waals surface area (Å²) in [5.41, 5.74) is 0. The summed E-state index contributed by atoms with van der Waals surface area (Å²) in [6.07, 6.45) is 0.592. The number of hydrogen-bond donors (Lipinski definition) is 1. The number of aliphatic hydroxyl groups is 1. The maximum Gasteiger partial charge on any atom is 0.192 e. The molecule has 4 nitrogen and oxygen atoms in total. The zero-order valence-electron chi connectivity index (χ0n) is 16.6. The Morgan fingerprint density at radius 3 is 2.26 bits per heavy atom. The van der Waals surface area contributed by atoms with E-state index in [1.54, 1.807) is 0 Å². The molecule has 1 aliphatic rings. The first-order valence-electron chi connectivity index (χ1n) is 8.89. The Morgan fingerprint density at radius 1 is 1.26 bits per heavy atom. The van der Waals surface area contributed by atoms with Gasteiger partial charge < -0.3 is 19.0 Å². The first kappa shape index (κ1) is 21.1. The Bertz CT molecular complexity index is 376. The van der Waals surface area contributed by atoms with Crippen molar-refractivity contribution in [3.8, 4) is 0 Å². The summed E-state index contributed by atoms with van der Waals surface area (Å²) < 4.78 is 17.7. The van der Waals surface area contributed by atoms with Crippen LogP contribution in [0.1, 0.15) is 54.9 Å². The normalized spacial score (nSPS) is 26.1. The van der Waals surface area contributed by atoms with Crippen molar-refractivity contribution in [2.45, 2.75) is 91.0 Å². The summed E-state index contributed by atoms with van der Waals surface area (Å²) >= 11 is 0. The van der Waals surface area contributed by atoms with Crippen molar-refractivity contribution in [3.05, 3.63) is 0 Å². The van der Waals surface area contributed by atoms with Crippen LogP contribution in [0.3, 0.4) is 0 Å². The Balaban J connectivity index is 2.44. The van der Waals surface area contributed by atoms with Gasteiger partial charge in [-0.1, -0.05) is 34.6 Å². The predicted molar refractivity (Wildman–Crippen MR) is 97.0 cm³/mol. The lowest BCUT2D eigenvalue weighted by molar-refractivity contribution is -0.144. The molecule has 0 radical (unpaired) electrons. The molecule has 0 saturated carbocycles. The lowest BCUT2D eigenvalue weighted by Crippen LogP contribution is -2.43. The van der Waals surface area contributed by atoms with E-state index in [0.717, 1.165) is 6.42 Å². The van der Waals surface area contributed by atoms with Gasteiger partial charge >= 0.3 is 0 Å². The summed E-state index contributed by atoms with van der Waals surface area (Å²) in [5.74, 6) is 0.0584. The van der Waals surface area contributed by atoms with Crippen molar-refractivity contribution in [3.63, 3.8) is 0 Å². The smallest absolute Gasteiger partial charge is 0.192 e. The molecule has 0 bridgehead atoms. The van der Waals surface area contributed by atoms with Crippen LogP contribution in [0.4, 0.5) is 0 Å². The third kappa shape index (κ3) is 6.13. The van der Waals surface area contributed by atoms with Crippen LogP contribution in [-0.2, 0) is 13.9 Å². The molecule has 0 amide bonds. The van der Waals surface area contributed by atoms with Gasteiger partial charge in [-0.15, -0.1) is 0 Å². The van der Waals surface area contributed by atoms with E-state index in [4.69, 9.17) is 13.9 Å². The van der Waals surface area contributed by atoms with E-state index in [0.29, 0.717) is 19.1 Å². The number of ether oxygens (including phenoxy) is 2. The molecule has 138 valence electrons. The van der Waals surface area contributed by atoms with Crippen LogP contribution in [0.15, 0.2) is 0 Å². The van der Waals surface area contributed by atoms with Crippen molar-refractivity contribution in [2.24, 2.45) is 11.8 Å². The Hall–Kier alpha value is 0.0569. The summed E-state index contributed by atoms with van der Waals surface area (Å²) in [4.78, 5) is 0. The van der Waals surface area contributed by atoms with Gasteiger partial charge in [-0.2, -0.15) is 0 Å². The molecule has 0 aromatic rings. The fraction of sp³-hybridized carbons (Fsp3) is 1.00. The highest BCUT2D eigenvalue weighted by molar-refractivity contribution is 6.74. The Kier molecular flexibility index (Phi) is 6.90. The van der Waals surface area contributed by atoms with Crippen LogP contribution in [-0.4, -0.2) is 44.6 Å². The van der Waals surface area contributed by atoms with Crippen LogP contribution in [0.2, 0.25) is 18.1 Å². The summed E-state index contributed by atoms with van der Waals surface area (Å²) in [6, 6.07) is 0. The van der Waals surface area contributed by atoms with Gasteiger partial charge in [0.15, 0.2) is 14.1 Å². The van der Waals surface area contributed by atoms with Crippen molar-refractivity contribution in [1.82, 2.24) is 0 Å². The monoisotopic (exact) mass is 346 g/mol. The van der Waals surface area contributed by atoms with Gasteiger partial charge in [0.25, 0.3) is 0 Å². The standard InChI is InChI=1S/C18H38O4Si/c1-13(10-14(2)16-12-20-18(6,7)22-16)15(19)11-21-23(8,9)17(3,4)5/h13-16,19H,10-12H2,1-9H3/t13-,14+,15+,16?/m0/s1. The molecule has 0 spiro atoms. The molecule has 1 heterocycles. The quantitative estimate of drug-likeness (QED) is 0.702. The van der Waals surface area contributed by atoms with E-state index >= 15 is 0 Å². The number of hydrogen-bond acceptors (Lipinski definition) is 4. The second-order valence-electron chi connectivity index (χ2n) is 9.20. The largest absolute Gasteiger partial charge is 0.414 e. The predicted octanol–water partition coefficient (Wildman–Crippen LogP) is 4.18. The molecule has 1 fully saturated rings. The van der Waals surface area contributed by atoms with Crippen molar-refractivity contribution >= 4 is 8.32 Å². The Morgan fingerprint density at radius 2 is 1.83 bits per heavy atom. The maximum absolute atomic E-state index is 10.5. The van der Waals surface area contributed by atoms with E-state index in [1.165, 1.54) is 0 Å². The summed E-state index contributed by atoms with van der Waals surface area (Å²) in [5, 5.41) is 10.6. The molecule has 0 aliphatic carbocycles. The minimum absolute atomic E-state index is 0.112. The average molecular weight is 347 g/mol. The third-order valence-corrected chi connectivity index (χ3v) is 9.99. The first-order chi connectivity index (χ1) is 10.3. The van der Waals surface area contributed by atoms with Gasteiger partial charge in [-0.3, -0.25) is 0 Å². The summed E-state index contributed by atoms with van der Waals surface area (Å²) in [7, 11) is -1.80. The van der Waals surface area contributed by atoms with Gasteiger partial charge in [0.1, 0.15) is 0 Å². The maximum atomic E-state index is 10.5. The molecule has 1 saturated heterocycles. The molecule has 5 heteroatoms. The fourth-order valence-corrected chi connectivity index (χ4v) is 3.59. The van der Waals surface area contributed by atoms with Crippen molar-refractivity contribution in [1.29, 1.82) is 0 Å². The zero-order chi connectivity index (χ0) is 18.1. The average Bonchev–Trinajstić information content (AvgIpc) is 2.75. The molecule has 1 N–H and O–H groups in total. The van der Waals surface area contributed by atoms with Crippen LogP contribution in [0.25, 0.3) is 0 Å². The van der Waals surface area contributed by atoms with Crippen molar-refractivity contribution < 1.29 is 19.0 Å². The fourth-order valence-electron chi connectivity index (χ4n) is 2.57. The highest BCUT2D eigenvalue weighted by atomic mass is 28.4. The van der Waals surface area contributed by atoms with E-state index in [-0.39, 0.29) is 17.1 Å². The number of rotatable bonds is 7. The highest BCUT2D eigenvalue weighted by Crippen LogP contribution is 2.37. The molecular formula is C18H38O4Si. The second kappa shape index (κ2) is 7.52. The molecule has 1 unspecified atom stereocenters. The highest BCUT2D eigenvalue weighted by Gasteiger charge is 2.39. The molecule has 0 aromatic carbocycles. The topological polar surface area (TPSA) is 47.9 Å². The Labute approximate surface area is 144 Å². The number of aliphatic hydroxyl groups excluding tert-OH is 1. The molecular weight excluding hydrogens is 308 g/mol. The summed E-state index contributed by atoms with van der Waals surface area (Å²) in [6.45, 7) is 20.3. The first-order valence-corrected chi connectivity index (χ1v) is 11.8. The van der Waals surface area contributed by atoms with Crippen LogP contribution in [0, 0.1) is 11.8 Å². The van der Waals surface area contributed by atoms with Gasteiger partial charge in [0.05, 0.1) is 25.4 Å². The third-order valence-electron chi connectivity index (χ3n) is 5.49. The SMILES string of the molecule is C[C@H](C[C@H](C)[C@H](O)CO[Si](C)(C)C(C)(C)C)C1COC(C)(C)O1. The van der Waals surface area contributed by atoms with Gasteiger partial charge in [0.2, 0.25) is 0 Å². The van der Waals surface area contributed by atoms with Crippen LogP contribution < -0.4 is 0 Å². The van der Waals surface area contributed by atoms with Gasteiger partial charge in [-0.25, -0.2) is 0 Å².